The van der Waals surface area contributed by atoms with Crippen molar-refractivity contribution in [3.63, 3.8) is 0 Å². The first-order valence-electron chi connectivity index (χ1n) is 17.4. The van der Waals surface area contributed by atoms with E-state index in [0.29, 0.717) is 25.1 Å². The highest BCUT2D eigenvalue weighted by Crippen LogP contribution is 2.21. The van der Waals surface area contributed by atoms with Crippen LogP contribution >= 0.6 is 0 Å². The van der Waals surface area contributed by atoms with Gasteiger partial charge in [0.1, 0.15) is 30.2 Å². The summed E-state index contributed by atoms with van der Waals surface area (Å²) < 4.78 is 11.6. The lowest BCUT2D eigenvalue weighted by molar-refractivity contribution is -0.137. The molecule has 0 spiro atoms. The zero-order valence-electron chi connectivity index (χ0n) is 29.2. The minimum Gasteiger partial charge on any atom is -0.497 e. The van der Waals surface area contributed by atoms with Gasteiger partial charge in [-0.3, -0.25) is 19.2 Å². The molecule has 3 atom stereocenters. The van der Waals surface area contributed by atoms with E-state index in [-0.39, 0.29) is 37.3 Å². The molecule has 0 unspecified atom stereocenters. The molecule has 0 saturated heterocycles. The molecule has 5 rings (SSSR count). The number of likely N-dealkylation sites (N-methyl/N-ethyl adjacent to an activating group) is 1. The third-order valence-corrected chi connectivity index (χ3v) is 9.05. The largest absolute Gasteiger partial charge is 0.497 e. The van der Waals surface area contributed by atoms with E-state index in [1.807, 2.05) is 84.9 Å². The Kier molecular flexibility index (Phi) is 13.2. The molecule has 0 bridgehead atoms. The van der Waals surface area contributed by atoms with Crippen LogP contribution in [0, 0.1) is 0 Å². The maximum Gasteiger partial charge on any atom is 0.255 e. The Hall–Kier alpha value is -5.64. The van der Waals surface area contributed by atoms with Gasteiger partial charge in [0.25, 0.3) is 5.91 Å². The van der Waals surface area contributed by atoms with Gasteiger partial charge in [0.2, 0.25) is 17.7 Å². The van der Waals surface area contributed by atoms with E-state index in [1.165, 1.54) is 0 Å². The van der Waals surface area contributed by atoms with Crippen molar-refractivity contribution in [2.24, 2.45) is 0 Å². The average molecular weight is 691 g/mol. The summed E-state index contributed by atoms with van der Waals surface area (Å²) in [7, 11) is 3.34. The number of carbonyl (C=O) groups excluding carboxylic acids is 4. The maximum absolute atomic E-state index is 14.2. The van der Waals surface area contributed by atoms with E-state index in [0.717, 1.165) is 28.9 Å². The third kappa shape index (κ3) is 10.7. The van der Waals surface area contributed by atoms with Crippen LogP contribution in [0.15, 0.2) is 109 Å². The first kappa shape index (κ1) is 36.6. The molecule has 4 aromatic rings. The molecule has 10 heteroatoms. The van der Waals surface area contributed by atoms with Crippen molar-refractivity contribution in [3.8, 4) is 11.5 Å². The Morgan fingerprint density at radius 3 is 2.24 bits per heavy atom. The van der Waals surface area contributed by atoms with Gasteiger partial charge in [-0.2, -0.15) is 0 Å². The summed E-state index contributed by atoms with van der Waals surface area (Å²) in [5.74, 6) is -0.458. The molecule has 0 saturated carbocycles. The van der Waals surface area contributed by atoms with Crippen LogP contribution in [0.25, 0.3) is 0 Å². The summed E-state index contributed by atoms with van der Waals surface area (Å²) in [5.41, 5.74) is 3.23. The molecule has 1 heterocycles. The van der Waals surface area contributed by atoms with Gasteiger partial charge < -0.3 is 30.3 Å². The van der Waals surface area contributed by atoms with Crippen LogP contribution in [-0.2, 0) is 33.6 Å². The number of amides is 4. The lowest BCUT2D eigenvalue weighted by Crippen LogP contribution is -2.53. The Morgan fingerprint density at radius 2 is 1.51 bits per heavy atom. The second-order valence-corrected chi connectivity index (χ2v) is 12.7. The van der Waals surface area contributed by atoms with E-state index in [2.05, 4.69) is 16.0 Å². The van der Waals surface area contributed by atoms with Gasteiger partial charge in [-0.15, -0.1) is 0 Å². The van der Waals surface area contributed by atoms with Crippen LogP contribution in [0.1, 0.15) is 46.3 Å². The summed E-state index contributed by atoms with van der Waals surface area (Å²) in [6.45, 7) is 0.460. The minimum absolute atomic E-state index is 0.0288. The number of carbonyl (C=O) groups is 4. The van der Waals surface area contributed by atoms with Crippen LogP contribution in [0.2, 0.25) is 0 Å². The topological polar surface area (TPSA) is 126 Å². The summed E-state index contributed by atoms with van der Waals surface area (Å²) in [6.07, 6.45) is 2.10. The van der Waals surface area contributed by atoms with E-state index < -0.39 is 35.8 Å². The van der Waals surface area contributed by atoms with Crippen molar-refractivity contribution < 1.29 is 28.7 Å². The molecular formula is C41H46N4O6. The van der Waals surface area contributed by atoms with E-state index in [4.69, 9.17) is 9.47 Å². The smallest absolute Gasteiger partial charge is 0.255 e. The molecule has 0 aromatic heterocycles. The van der Waals surface area contributed by atoms with E-state index >= 15 is 0 Å². The average Bonchev–Trinajstić information content (AvgIpc) is 3.16. The highest BCUT2D eigenvalue weighted by Gasteiger charge is 2.31. The summed E-state index contributed by atoms with van der Waals surface area (Å²) in [6, 6.07) is 31.6. The predicted octanol–water partition coefficient (Wildman–Crippen LogP) is 4.51. The number of nitrogens with zero attached hydrogens (tertiary/aromatic N) is 1. The number of aryl methyl sites for hydroxylation is 1. The van der Waals surface area contributed by atoms with Crippen molar-refractivity contribution in [1.29, 1.82) is 0 Å². The standard InChI is InChI=1S/C41H46N4O6/c1-45-32(25-29-13-5-3-6-14-29)28-51-37-21-10-9-20-34(37)39(47)44-35(40(48)42-24-12-18-30-17-11-19-33(26-30)50-2)22-23-38(46)43-36(41(45)49)27-31-15-7-4-8-16-31/h3-11,13-17,19-21,26,32,35-36H,12,18,22-25,27-28H2,1-2H3,(H,42,48)(H,43,46)(H,44,47)/t32-,35+,36+/m1/s1. The van der Waals surface area contributed by atoms with E-state index in [1.54, 1.807) is 43.3 Å². The molecule has 51 heavy (non-hydrogen) atoms. The number of nitrogens with one attached hydrogen (secondary N) is 3. The Bertz CT molecular complexity index is 1770. The first-order chi connectivity index (χ1) is 24.8. The van der Waals surface area contributed by atoms with Crippen molar-refractivity contribution in [3.05, 3.63) is 131 Å². The van der Waals surface area contributed by atoms with Gasteiger partial charge >= 0.3 is 0 Å². The number of ether oxygens (including phenoxy) is 2. The maximum atomic E-state index is 14.2. The van der Waals surface area contributed by atoms with Gasteiger partial charge in [-0.1, -0.05) is 84.9 Å². The minimum atomic E-state index is -1.00. The molecule has 0 aliphatic carbocycles. The summed E-state index contributed by atoms with van der Waals surface area (Å²) in [5, 5.41) is 8.72. The van der Waals surface area contributed by atoms with Gasteiger partial charge in [-0.05, 0) is 66.6 Å². The number of hydrogen-bond donors (Lipinski definition) is 3. The number of benzene rings is 4. The Balaban J connectivity index is 1.38. The van der Waals surface area contributed by atoms with Gasteiger partial charge in [0.05, 0.1) is 18.7 Å². The van der Waals surface area contributed by atoms with Crippen LogP contribution in [-0.4, -0.2) is 74.0 Å². The van der Waals surface area contributed by atoms with Crippen molar-refractivity contribution >= 4 is 23.6 Å². The monoisotopic (exact) mass is 690 g/mol. The summed E-state index contributed by atoms with van der Waals surface area (Å²) in [4.78, 5) is 56.6. The van der Waals surface area contributed by atoms with Gasteiger partial charge in [0.15, 0.2) is 0 Å². The van der Waals surface area contributed by atoms with Gasteiger partial charge in [0, 0.05) is 26.4 Å². The second-order valence-electron chi connectivity index (χ2n) is 12.7. The predicted molar refractivity (Wildman–Crippen MR) is 196 cm³/mol. The highest BCUT2D eigenvalue weighted by atomic mass is 16.5. The molecule has 0 radical (unpaired) electrons. The Morgan fingerprint density at radius 1 is 0.843 bits per heavy atom. The van der Waals surface area contributed by atoms with Crippen molar-refractivity contribution in [1.82, 2.24) is 20.9 Å². The highest BCUT2D eigenvalue weighted by molar-refractivity contribution is 6.00. The quantitative estimate of drug-likeness (QED) is 0.210. The molecule has 10 nitrogen and oxygen atoms in total. The molecule has 1 aliphatic heterocycles. The molecule has 0 fully saturated rings. The summed E-state index contributed by atoms with van der Waals surface area (Å²) >= 11 is 0. The normalized spacial score (nSPS) is 18.6. The molecule has 1 aliphatic rings. The lowest BCUT2D eigenvalue weighted by Gasteiger charge is -2.32. The van der Waals surface area contributed by atoms with Crippen LogP contribution in [0.4, 0.5) is 0 Å². The number of methoxy groups -OCH3 is 1. The fourth-order valence-electron chi connectivity index (χ4n) is 6.14. The number of hydrogen-bond acceptors (Lipinski definition) is 6. The molecule has 3 N–H and O–H groups in total. The van der Waals surface area contributed by atoms with Crippen molar-refractivity contribution in [2.45, 2.75) is 56.7 Å². The molecular weight excluding hydrogens is 644 g/mol. The van der Waals surface area contributed by atoms with Crippen LogP contribution in [0.5, 0.6) is 11.5 Å². The SMILES string of the molecule is COc1cccc(CCCNC(=O)[C@@H]2CCC(=O)N[C@@H](Cc3ccccc3)C(=O)N(C)[C@H](Cc3ccccc3)COc3ccccc3C(=O)N2)c1. The van der Waals surface area contributed by atoms with Crippen LogP contribution in [0.3, 0.4) is 0 Å². The van der Waals surface area contributed by atoms with Crippen molar-refractivity contribution in [2.75, 3.05) is 27.3 Å². The number of rotatable bonds is 10. The third-order valence-electron chi connectivity index (χ3n) is 9.05. The Labute approximate surface area is 299 Å². The second kappa shape index (κ2) is 18.4. The number of para-hydroxylation sites is 1. The number of fused-ring (bicyclic) bond motifs is 1. The fraction of sp³-hybridized carbons (Fsp3) is 0.317. The zero-order valence-corrected chi connectivity index (χ0v) is 29.2. The molecule has 266 valence electrons. The molecule has 4 amide bonds. The zero-order chi connectivity index (χ0) is 36.0. The molecule has 4 aromatic carbocycles. The van der Waals surface area contributed by atoms with E-state index in [9.17, 15) is 19.2 Å². The fourth-order valence-corrected chi connectivity index (χ4v) is 6.14. The first-order valence-corrected chi connectivity index (χ1v) is 17.4. The van der Waals surface area contributed by atoms with Crippen LogP contribution < -0.4 is 25.4 Å². The lowest BCUT2D eigenvalue weighted by atomic mass is 10.0. The van der Waals surface area contributed by atoms with Gasteiger partial charge in [-0.25, -0.2) is 0 Å².